The van der Waals surface area contributed by atoms with E-state index in [0.717, 1.165) is 25.7 Å². The fraction of sp³-hybridized carbons (Fsp3) is 1.00. The zero-order chi connectivity index (χ0) is 14.3. The summed E-state index contributed by atoms with van der Waals surface area (Å²) in [4.78, 5) is 2.55. The number of ether oxygens (including phenoxy) is 2. The summed E-state index contributed by atoms with van der Waals surface area (Å²) in [7, 11) is 0. The Kier molecular flexibility index (Phi) is 7.33. The van der Waals surface area contributed by atoms with Crippen molar-refractivity contribution in [1.29, 1.82) is 0 Å². The van der Waals surface area contributed by atoms with Gasteiger partial charge in [-0.25, -0.2) is 0 Å². The summed E-state index contributed by atoms with van der Waals surface area (Å²) < 4.78 is 11.5. The fourth-order valence-corrected chi connectivity index (χ4v) is 2.54. The molecule has 0 bridgehead atoms. The molecule has 1 unspecified atom stereocenters. The lowest BCUT2D eigenvalue weighted by molar-refractivity contribution is -0.0148. The maximum absolute atomic E-state index is 5.84. The van der Waals surface area contributed by atoms with Crippen molar-refractivity contribution in [1.82, 2.24) is 4.90 Å². The number of hydrogen-bond donors (Lipinski definition) is 0. The van der Waals surface area contributed by atoms with Gasteiger partial charge in [0.15, 0.2) is 0 Å². The number of hydrogen-bond acceptors (Lipinski definition) is 3. The highest BCUT2D eigenvalue weighted by Gasteiger charge is 2.20. The molecule has 1 aliphatic heterocycles. The van der Waals surface area contributed by atoms with Gasteiger partial charge in [-0.2, -0.15) is 0 Å². The first kappa shape index (κ1) is 16.9. The third-order valence-electron chi connectivity index (χ3n) is 3.52. The highest BCUT2D eigenvalue weighted by Crippen LogP contribution is 2.20. The van der Waals surface area contributed by atoms with Gasteiger partial charge in [-0.05, 0) is 66.3 Å². The first-order valence-electron chi connectivity index (χ1n) is 7.85. The third-order valence-corrected chi connectivity index (χ3v) is 3.52. The van der Waals surface area contributed by atoms with Crippen LogP contribution in [0.25, 0.3) is 0 Å². The molecular weight excluding hydrogens is 238 g/mol. The minimum Gasteiger partial charge on any atom is -0.377 e. The molecule has 0 radical (unpaired) electrons. The van der Waals surface area contributed by atoms with Crippen LogP contribution in [0.5, 0.6) is 0 Å². The summed E-state index contributed by atoms with van der Waals surface area (Å²) in [5, 5.41) is 0. The SMILES string of the molecule is CC(C)OCCN1CCCC(CCOC(C)(C)C)C1. The van der Waals surface area contributed by atoms with E-state index in [1.165, 1.54) is 32.4 Å². The van der Waals surface area contributed by atoms with Crippen LogP contribution in [-0.2, 0) is 9.47 Å². The zero-order valence-corrected chi connectivity index (χ0v) is 13.6. The molecule has 3 nitrogen and oxygen atoms in total. The molecule has 1 rings (SSSR count). The van der Waals surface area contributed by atoms with E-state index in [2.05, 4.69) is 39.5 Å². The minimum absolute atomic E-state index is 0.000537. The zero-order valence-electron chi connectivity index (χ0n) is 13.6. The van der Waals surface area contributed by atoms with E-state index in [0.29, 0.717) is 6.10 Å². The maximum Gasteiger partial charge on any atom is 0.0598 e. The van der Waals surface area contributed by atoms with Gasteiger partial charge < -0.3 is 14.4 Å². The van der Waals surface area contributed by atoms with E-state index in [1.807, 2.05) is 0 Å². The Morgan fingerprint density at radius 3 is 2.58 bits per heavy atom. The van der Waals surface area contributed by atoms with Gasteiger partial charge in [0.25, 0.3) is 0 Å². The Balaban J connectivity index is 2.15. The topological polar surface area (TPSA) is 21.7 Å². The summed E-state index contributed by atoms with van der Waals surface area (Å²) in [5.74, 6) is 0.801. The summed E-state index contributed by atoms with van der Waals surface area (Å²) in [5.41, 5.74) is -0.000537. The Hall–Kier alpha value is -0.120. The average molecular weight is 271 g/mol. The third kappa shape index (κ3) is 8.61. The molecule has 19 heavy (non-hydrogen) atoms. The highest BCUT2D eigenvalue weighted by atomic mass is 16.5. The van der Waals surface area contributed by atoms with Crippen molar-refractivity contribution in [2.75, 3.05) is 32.8 Å². The van der Waals surface area contributed by atoms with Crippen LogP contribution in [0.3, 0.4) is 0 Å². The monoisotopic (exact) mass is 271 g/mol. The molecule has 114 valence electrons. The second-order valence-corrected chi connectivity index (χ2v) is 6.98. The highest BCUT2D eigenvalue weighted by molar-refractivity contribution is 4.73. The van der Waals surface area contributed by atoms with Crippen molar-refractivity contribution >= 4 is 0 Å². The minimum atomic E-state index is -0.000537. The molecule has 1 saturated heterocycles. The van der Waals surface area contributed by atoms with Gasteiger partial charge in [0.05, 0.1) is 18.3 Å². The molecule has 1 aliphatic rings. The average Bonchev–Trinajstić information content (AvgIpc) is 2.27. The van der Waals surface area contributed by atoms with Crippen LogP contribution >= 0.6 is 0 Å². The van der Waals surface area contributed by atoms with Crippen LogP contribution in [0.4, 0.5) is 0 Å². The second kappa shape index (κ2) is 8.23. The van der Waals surface area contributed by atoms with E-state index >= 15 is 0 Å². The Labute approximate surface area is 119 Å². The van der Waals surface area contributed by atoms with Gasteiger partial charge in [-0.15, -0.1) is 0 Å². The molecule has 0 N–H and O–H groups in total. The van der Waals surface area contributed by atoms with Crippen LogP contribution in [0.2, 0.25) is 0 Å². The Bertz CT molecular complexity index is 235. The molecule has 3 heteroatoms. The van der Waals surface area contributed by atoms with Gasteiger partial charge in [0, 0.05) is 19.7 Å². The van der Waals surface area contributed by atoms with E-state index in [9.17, 15) is 0 Å². The van der Waals surface area contributed by atoms with Gasteiger partial charge in [-0.3, -0.25) is 0 Å². The van der Waals surface area contributed by atoms with Gasteiger partial charge >= 0.3 is 0 Å². The van der Waals surface area contributed by atoms with Crippen molar-refractivity contribution in [3.8, 4) is 0 Å². The Morgan fingerprint density at radius 2 is 1.95 bits per heavy atom. The lowest BCUT2D eigenvalue weighted by Gasteiger charge is -2.33. The molecule has 0 amide bonds. The van der Waals surface area contributed by atoms with Crippen LogP contribution < -0.4 is 0 Å². The van der Waals surface area contributed by atoms with Crippen molar-refractivity contribution in [3.05, 3.63) is 0 Å². The predicted molar refractivity (Wildman–Crippen MR) is 80.6 cm³/mol. The van der Waals surface area contributed by atoms with Gasteiger partial charge in [0.1, 0.15) is 0 Å². The van der Waals surface area contributed by atoms with Crippen LogP contribution in [0.15, 0.2) is 0 Å². The molecule has 1 heterocycles. The van der Waals surface area contributed by atoms with Crippen molar-refractivity contribution in [2.24, 2.45) is 5.92 Å². The maximum atomic E-state index is 5.84. The molecule has 0 aromatic carbocycles. The Morgan fingerprint density at radius 1 is 1.21 bits per heavy atom. The fourth-order valence-electron chi connectivity index (χ4n) is 2.54. The smallest absolute Gasteiger partial charge is 0.0598 e. The molecule has 0 aromatic rings. The van der Waals surface area contributed by atoms with E-state index in [-0.39, 0.29) is 5.60 Å². The molecule has 1 fully saturated rings. The van der Waals surface area contributed by atoms with Crippen LogP contribution in [0, 0.1) is 5.92 Å². The molecule has 1 atom stereocenters. The summed E-state index contributed by atoms with van der Waals surface area (Å²) in [6.07, 6.45) is 4.22. The molecule has 0 saturated carbocycles. The normalized spacial score (nSPS) is 22.1. The number of piperidine rings is 1. The van der Waals surface area contributed by atoms with Crippen LogP contribution in [-0.4, -0.2) is 49.5 Å². The van der Waals surface area contributed by atoms with E-state index in [1.54, 1.807) is 0 Å². The van der Waals surface area contributed by atoms with Gasteiger partial charge in [0.2, 0.25) is 0 Å². The van der Waals surface area contributed by atoms with E-state index < -0.39 is 0 Å². The quantitative estimate of drug-likeness (QED) is 0.709. The first-order valence-corrected chi connectivity index (χ1v) is 7.85. The number of rotatable bonds is 7. The molecule has 0 aliphatic carbocycles. The van der Waals surface area contributed by atoms with Crippen molar-refractivity contribution in [2.45, 2.75) is 65.6 Å². The number of nitrogens with zero attached hydrogens (tertiary/aromatic N) is 1. The number of likely N-dealkylation sites (tertiary alicyclic amines) is 1. The summed E-state index contributed by atoms with van der Waals surface area (Å²) in [6, 6.07) is 0. The lowest BCUT2D eigenvalue weighted by atomic mass is 9.95. The summed E-state index contributed by atoms with van der Waals surface area (Å²) in [6.45, 7) is 15.9. The van der Waals surface area contributed by atoms with Gasteiger partial charge in [-0.1, -0.05) is 0 Å². The van der Waals surface area contributed by atoms with Crippen molar-refractivity contribution < 1.29 is 9.47 Å². The van der Waals surface area contributed by atoms with E-state index in [4.69, 9.17) is 9.47 Å². The standard InChI is InChI=1S/C16H33NO2/c1-14(2)18-12-10-17-9-6-7-15(13-17)8-11-19-16(3,4)5/h14-15H,6-13H2,1-5H3. The second-order valence-electron chi connectivity index (χ2n) is 6.98. The van der Waals surface area contributed by atoms with Crippen LogP contribution in [0.1, 0.15) is 53.9 Å². The molecule has 0 aromatic heterocycles. The largest absolute Gasteiger partial charge is 0.377 e. The first-order chi connectivity index (χ1) is 8.87. The predicted octanol–water partition coefficient (Wildman–Crippen LogP) is 3.33. The lowest BCUT2D eigenvalue weighted by Crippen LogP contribution is -2.38. The van der Waals surface area contributed by atoms with Crippen molar-refractivity contribution in [3.63, 3.8) is 0 Å². The summed E-state index contributed by atoms with van der Waals surface area (Å²) >= 11 is 0. The molecular formula is C16H33NO2. The molecule has 0 spiro atoms.